The van der Waals surface area contributed by atoms with Crippen molar-refractivity contribution in [3.05, 3.63) is 68.7 Å². The number of hydrogen-bond acceptors (Lipinski definition) is 4. The first-order chi connectivity index (χ1) is 12.4. The summed E-state index contributed by atoms with van der Waals surface area (Å²) in [6.07, 6.45) is 1.89. The van der Waals surface area contributed by atoms with Gasteiger partial charge in [-0.25, -0.2) is 0 Å². The van der Waals surface area contributed by atoms with Crippen LogP contribution in [0, 0.1) is 16.0 Å². The standard InChI is InChI=1S/C18H16ClN3O4/c19-15-8-5-13(9-16(15)22(25)26)17(23)20-10-11-1-6-14(7-2-11)21-18(24)12-3-4-12/h1-2,5-9,12H,3-4,10H2,(H,20,23)(H,21,24). The van der Waals surface area contributed by atoms with Crippen molar-refractivity contribution < 1.29 is 14.5 Å². The highest BCUT2D eigenvalue weighted by Gasteiger charge is 2.29. The van der Waals surface area contributed by atoms with Crippen molar-refractivity contribution in [3.8, 4) is 0 Å². The van der Waals surface area contributed by atoms with Crippen LogP contribution in [0.2, 0.25) is 5.02 Å². The highest BCUT2D eigenvalue weighted by molar-refractivity contribution is 6.32. The highest BCUT2D eigenvalue weighted by Crippen LogP contribution is 2.30. The second kappa shape index (κ2) is 7.53. The van der Waals surface area contributed by atoms with Crippen LogP contribution in [0.1, 0.15) is 28.8 Å². The number of benzene rings is 2. The third-order valence-electron chi connectivity index (χ3n) is 4.03. The molecule has 0 aliphatic heterocycles. The van der Waals surface area contributed by atoms with Crippen LogP contribution in [0.25, 0.3) is 0 Å². The van der Waals surface area contributed by atoms with Gasteiger partial charge in [-0.2, -0.15) is 0 Å². The van der Waals surface area contributed by atoms with Crippen molar-refractivity contribution in [1.82, 2.24) is 5.32 Å². The number of anilines is 1. The van der Waals surface area contributed by atoms with Crippen LogP contribution in [-0.2, 0) is 11.3 Å². The van der Waals surface area contributed by atoms with Crippen LogP contribution < -0.4 is 10.6 Å². The lowest BCUT2D eigenvalue weighted by Gasteiger charge is -2.08. The smallest absolute Gasteiger partial charge is 0.288 e. The number of nitrogens with one attached hydrogen (secondary N) is 2. The van der Waals surface area contributed by atoms with Crippen LogP contribution in [0.4, 0.5) is 11.4 Å². The van der Waals surface area contributed by atoms with E-state index in [9.17, 15) is 19.7 Å². The molecule has 0 heterocycles. The molecule has 0 spiro atoms. The van der Waals surface area contributed by atoms with E-state index in [4.69, 9.17) is 11.6 Å². The maximum atomic E-state index is 12.2. The molecule has 1 aliphatic carbocycles. The summed E-state index contributed by atoms with van der Waals surface area (Å²) in [6.45, 7) is 0.256. The molecule has 7 nitrogen and oxygen atoms in total. The van der Waals surface area contributed by atoms with Gasteiger partial charge >= 0.3 is 0 Å². The molecule has 26 heavy (non-hydrogen) atoms. The summed E-state index contributed by atoms with van der Waals surface area (Å²) in [7, 11) is 0. The average Bonchev–Trinajstić information content (AvgIpc) is 3.46. The molecular formula is C18H16ClN3O4. The number of amides is 2. The van der Waals surface area contributed by atoms with Crippen LogP contribution >= 0.6 is 11.6 Å². The zero-order chi connectivity index (χ0) is 18.7. The van der Waals surface area contributed by atoms with Gasteiger partial charge in [0.05, 0.1) is 4.92 Å². The van der Waals surface area contributed by atoms with Gasteiger partial charge in [0, 0.05) is 29.8 Å². The molecule has 0 radical (unpaired) electrons. The minimum atomic E-state index is -0.631. The predicted octanol–water partition coefficient (Wildman–Crippen LogP) is 3.53. The van der Waals surface area contributed by atoms with Gasteiger partial charge in [-0.05, 0) is 42.7 Å². The molecule has 0 unspecified atom stereocenters. The molecule has 2 amide bonds. The van der Waals surface area contributed by atoms with Crippen molar-refractivity contribution in [2.75, 3.05) is 5.32 Å². The Kier molecular flexibility index (Phi) is 5.18. The molecule has 1 fully saturated rings. The van der Waals surface area contributed by atoms with Crippen LogP contribution in [0.5, 0.6) is 0 Å². The molecule has 1 aliphatic rings. The molecule has 1 saturated carbocycles. The Balaban J connectivity index is 1.58. The fraction of sp³-hybridized carbons (Fsp3) is 0.222. The predicted molar refractivity (Wildman–Crippen MR) is 97.1 cm³/mol. The Morgan fingerprint density at radius 3 is 2.46 bits per heavy atom. The molecule has 2 aromatic rings. The second-order valence-electron chi connectivity index (χ2n) is 6.07. The molecular weight excluding hydrogens is 358 g/mol. The lowest BCUT2D eigenvalue weighted by molar-refractivity contribution is -0.384. The van der Waals surface area contributed by atoms with E-state index < -0.39 is 10.8 Å². The minimum Gasteiger partial charge on any atom is -0.348 e. The molecule has 2 aromatic carbocycles. The van der Waals surface area contributed by atoms with Gasteiger partial charge in [-0.15, -0.1) is 0 Å². The number of nitro groups is 1. The largest absolute Gasteiger partial charge is 0.348 e. The van der Waals surface area contributed by atoms with E-state index >= 15 is 0 Å². The molecule has 0 bridgehead atoms. The molecule has 0 aromatic heterocycles. The maximum absolute atomic E-state index is 12.2. The SMILES string of the molecule is O=C(NCc1ccc(NC(=O)C2CC2)cc1)c1ccc(Cl)c([N+](=O)[O-])c1. The van der Waals surface area contributed by atoms with E-state index in [0.717, 1.165) is 24.5 Å². The third kappa shape index (κ3) is 4.37. The summed E-state index contributed by atoms with van der Waals surface area (Å²) in [4.78, 5) is 34.1. The summed E-state index contributed by atoms with van der Waals surface area (Å²) in [6, 6.07) is 11.0. The van der Waals surface area contributed by atoms with E-state index in [1.165, 1.54) is 12.1 Å². The van der Waals surface area contributed by atoms with E-state index in [1.54, 1.807) is 24.3 Å². The van der Waals surface area contributed by atoms with Crippen molar-refractivity contribution in [3.63, 3.8) is 0 Å². The molecule has 8 heteroatoms. The van der Waals surface area contributed by atoms with Crippen molar-refractivity contribution >= 4 is 34.8 Å². The molecule has 2 N–H and O–H groups in total. The van der Waals surface area contributed by atoms with Crippen molar-refractivity contribution in [1.29, 1.82) is 0 Å². The second-order valence-corrected chi connectivity index (χ2v) is 6.47. The van der Waals surface area contributed by atoms with E-state index in [2.05, 4.69) is 10.6 Å². The fourth-order valence-electron chi connectivity index (χ4n) is 2.37. The summed E-state index contributed by atoms with van der Waals surface area (Å²) in [5.41, 5.74) is 1.40. The number of rotatable bonds is 6. The minimum absolute atomic E-state index is 0.0182. The molecule has 3 rings (SSSR count). The molecule has 134 valence electrons. The van der Waals surface area contributed by atoms with E-state index in [1.807, 2.05) is 0 Å². The van der Waals surface area contributed by atoms with Crippen molar-refractivity contribution in [2.24, 2.45) is 5.92 Å². The Morgan fingerprint density at radius 1 is 1.15 bits per heavy atom. The summed E-state index contributed by atoms with van der Waals surface area (Å²) < 4.78 is 0. The third-order valence-corrected chi connectivity index (χ3v) is 4.35. The van der Waals surface area contributed by atoms with Gasteiger partial charge in [0.1, 0.15) is 5.02 Å². The van der Waals surface area contributed by atoms with Gasteiger partial charge in [0.25, 0.3) is 11.6 Å². The number of carbonyl (C=O) groups excluding carboxylic acids is 2. The summed E-state index contributed by atoms with van der Waals surface area (Å²) in [5, 5.41) is 16.4. The van der Waals surface area contributed by atoms with Crippen LogP contribution in [-0.4, -0.2) is 16.7 Å². The van der Waals surface area contributed by atoms with E-state index in [-0.39, 0.29) is 34.6 Å². The Labute approximate surface area is 154 Å². The summed E-state index contributed by atoms with van der Waals surface area (Å²) >= 11 is 5.74. The number of halogens is 1. The van der Waals surface area contributed by atoms with E-state index in [0.29, 0.717) is 5.69 Å². The molecule has 0 atom stereocenters. The van der Waals surface area contributed by atoms with Crippen molar-refractivity contribution in [2.45, 2.75) is 19.4 Å². The van der Waals surface area contributed by atoms with Crippen LogP contribution in [0.3, 0.4) is 0 Å². The van der Waals surface area contributed by atoms with Gasteiger partial charge in [-0.3, -0.25) is 19.7 Å². The van der Waals surface area contributed by atoms with Gasteiger partial charge < -0.3 is 10.6 Å². The maximum Gasteiger partial charge on any atom is 0.288 e. The quantitative estimate of drug-likeness (QED) is 0.597. The molecule has 0 saturated heterocycles. The average molecular weight is 374 g/mol. The Hall–Kier alpha value is -2.93. The summed E-state index contributed by atoms with van der Waals surface area (Å²) in [5.74, 6) is -0.260. The fourth-order valence-corrected chi connectivity index (χ4v) is 2.56. The topological polar surface area (TPSA) is 101 Å². The zero-order valence-corrected chi connectivity index (χ0v) is 14.5. The first-order valence-electron chi connectivity index (χ1n) is 8.06. The zero-order valence-electron chi connectivity index (χ0n) is 13.7. The lowest BCUT2D eigenvalue weighted by Crippen LogP contribution is -2.22. The lowest BCUT2D eigenvalue weighted by atomic mass is 10.1. The van der Waals surface area contributed by atoms with Gasteiger partial charge in [0.15, 0.2) is 0 Å². The first kappa shape index (κ1) is 17.9. The number of nitro benzene ring substituents is 1. The first-order valence-corrected chi connectivity index (χ1v) is 8.44. The Bertz CT molecular complexity index is 863. The number of nitrogens with zero attached hydrogens (tertiary/aromatic N) is 1. The number of carbonyl (C=O) groups is 2. The van der Waals surface area contributed by atoms with Gasteiger partial charge in [-0.1, -0.05) is 23.7 Å². The normalized spacial score (nSPS) is 13.1. The van der Waals surface area contributed by atoms with Gasteiger partial charge in [0.2, 0.25) is 5.91 Å². The monoisotopic (exact) mass is 373 g/mol. The number of hydrogen-bond donors (Lipinski definition) is 2. The Morgan fingerprint density at radius 2 is 1.85 bits per heavy atom. The highest BCUT2D eigenvalue weighted by atomic mass is 35.5. The van der Waals surface area contributed by atoms with Crippen LogP contribution in [0.15, 0.2) is 42.5 Å².